The zero-order valence-corrected chi connectivity index (χ0v) is 14.0. The second kappa shape index (κ2) is 5.56. The van der Waals surface area contributed by atoms with Gasteiger partial charge in [-0.1, -0.05) is 6.58 Å². The Morgan fingerprint density at radius 3 is 1.71 bits per heavy atom. The first-order valence-corrected chi connectivity index (χ1v) is 12.5. The van der Waals surface area contributed by atoms with Gasteiger partial charge in [0.25, 0.3) is 0 Å². The van der Waals surface area contributed by atoms with Gasteiger partial charge in [0.15, 0.2) is 0 Å². The molecule has 0 radical (unpaired) electrons. The van der Waals surface area contributed by atoms with E-state index in [2.05, 4.69) is 51.9 Å². The molecule has 0 saturated heterocycles. The minimum atomic E-state index is -1.73. The van der Waals surface area contributed by atoms with Crippen LogP contribution >= 0.6 is 0 Å². The maximum absolute atomic E-state index is 9.16. The molecular formula is C12H23NO2Si2. The molecule has 0 aromatic rings. The lowest BCUT2D eigenvalue weighted by molar-refractivity contribution is 0.399. The van der Waals surface area contributed by atoms with Gasteiger partial charge >= 0.3 is 0 Å². The third kappa shape index (κ3) is 7.03. The van der Waals surface area contributed by atoms with Crippen molar-refractivity contribution in [3.63, 3.8) is 0 Å². The molecule has 0 heterocycles. The van der Waals surface area contributed by atoms with Crippen LogP contribution in [0.2, 0.25) is 39.3 Å². The fourth-order valence-electron chi connectivity index (χ4n) is 1.27. The van der Waals surface area contributed by atoms with E-state index < -0.39 is 16.6 Å². The lowest BCUT2D eigenvalue weighted by Crippen LogP contribution is -2.27. The molecule has 0 aromatic heterocycles. The molecule has 0 aliphatic carbocycles. The maximum Gasteiger partial charge on any atom is 0.242 e. The zero-order chi connectivity index (χ0) is 13.9. The average Bonchev–Trinajstić information content (AvgIpc) is 1.96. The van der Waals surface area contributed by atoms with E-state index in [-0.39, 0.29) is 0 Å². The van der Waals surface area contributed by atoms with Gasteiger partial charge in [0, 0.05) is 0 Å². The second-order valence-corrected chi connectivity index (χ2v) is 14.8. The van der Waals surface area contributed by atoms with Gasteiger partial charge < -0.3 is 8.85 Å². The van der Waals surface area contributed by atoms with Crippen molar-refractivity contribution in [2.45, 2.75) is 46.2 Å². The minimum absolute atomic E-state index is 0.426. The van der Waals surface area contributed by atoms with Crippen molar-refractivity contribution in [3.05, 3.63) is 23.7 Å². The Morgan fingerprint density at radius 2 is 1.41 bits per heavy atom. The summed E-state index contributed by atoms with van der Waals surface area (Å²) in [6.07, 6.45) is 0. The molecule has 0 fully saturated rings. The zero-order valence-electron chi connectivity index (χ0n) is 12.0. The van der Waals surface area contributed by atoms with Gasteiger partial charge in [0.1, 0.15) is 17.4 Å². The van der Waals surface area contributed by atoms with Gasteiger partial charge in [0.05, 0.1) is 5.76 Å². The molecule has 0 aromatic carbocycles. The van der Waals surface area contributed by atoms with Crippen molar-refractivity contribution in [3.8, 4) is 6.07 Å². The van der Waals surface area contributed by atoms with Crippen LogP contribution in [0.4, 0.5) is 0 Å². The molecule has 0 N–H and O–H groups in total. The van der Waals surface area contributed by atoms with Gasteiger partial charge in [-0.25, -0.2) is 0 Å². The van der Waals surface area contributed by atoms with Crippen LogP contribution in [0.1, 0.15) is 6.92 Å². The summed E-state index contributed by atoms with van der Waals surface area (Å²) in [5.41, 5.74) is 0.426. The summed E-state index contributed by atoms with van der Waals surface area (Å²) in [7, 11) is -3.43. The second-order valence-electron chi connectivity index (χ2n) is 5.90. The van der Waals surface area contributed by atoms with Crippen molar-refractivity contribution in [1.82, 2.24) is 0 Å². The third-order valence-corrected chi connectivity index (χ3v) is 3.41. The first kappa shape index (κ1) is 16.0. The van der Waals surface area contributed by atoms with Crippen molar-refractivity contribution in [2.75, 3.05) is 0 Å². The normalized spacial score (nSPS) is 13.5. The Bertz CT molecular complexity index is 367. The Hall–Kier alpha value is -0.996. The standard InChI is InChI=1S/C12H23NO2Si2/c1-10(14-16(3,4)5)12(9-13)11(2)15-17(6,7)8/h1H2,2-8H3/b12-11-. The summed E-state index contributed by atoms with van der Waals surface area (Å²) < 4.78 is 11.5. The SMILES string of the molecule is C=C(O[Si](C)(C)C)/C(C#N)=C(/C)O[Si](C)(C)C. The highest BCUT2D eigenvalue weighted by atomic mass is 28.4. The molecule has 0 aliphatic heterocycles. The molecule has 0 rings (SSSR count). The summed E-state index contributed by atoms with van der Waals surface area (Å²) in [5, 5.41) is 9.16. The number of rotatable bonds is 5. The van der Waals surface area contributed by atoms with E-state index >= 15 is 0 Å². The summed E-state index contributed by atoms with van der Waals surface area (Å²) in [5.74, 6) is 1.05. The fourth-order valence-corrected chi connectivity index (χ4v) is 3.13. The average molecular weight is 269 g/mol. The van der Waals surface area contributed by atoms with Crippen LogP contribution in [0.3, 0.4) is 0 Å². The Balaban J connectivity index is 5.02. The first-order chi connectivity index (χ1) is 7.46. The molecule has 0 bridgehead atoms. The molecule has 17 heavy (non-hydrogen) atoms. The monoisotopic (exact) mass is 269 g/mol. The molecule has 0 amide bonds. The minimum Gasteiger partial charge on any atom is -0.546 e. The largest absolute Gasteiger partial charge is 0.546 e. The Labute approximate surface area is 107 Å². The molecule has 0 unspecified atom stereocenters. The van der Waals surface area contributed by atoms with Crippen molar-refractivity contribution < 1.29 is 8.85 Å². The first-order valence-electron chi connectivity index (χ1n) is 5.64. The number of hydrogen-bond acceptors (Lipinski definition) is 3. The van der Waals surface area contributed by atoms with Crippen molar-refractivity contribution in [1.29, 1.82) is 5.26 Å². The van der Waals surface area contributed by atoms with Crippen LogP contribution in [0.25, 0.3) is 0 Å². The highest BCUT2D eigenvalue weighted by Gasteiger charge is 2.22. The van der Waals surface area contributed by atoms with Gasteiger partial charge in [-0.15, -0.1) is 0 Å². The molecule has 0 aliphatic rings. The van der Waals surface area contributed by atoms with E-state index in [4.69, 9.17) is 14.1 Å². The quantitative estimate of drug-likeness (QED) is 0.328. The van der Waals surface area contributed by atoms with E-state index in [9.17, 15) is 0 Å². The van der Waals surface area contributed by atoms with Gasteiger partial charge in [-0.3, -0.25) is 0 Å². The smallest absolute Gasteiger partial charge is 0.242 e. The fraction of sp³-hybridized carbons (Fsp3) is 0.583. The maximum atomic E-state index is 9.16. The number of nitrogens with zero attached hydrogens (tertiary/aromatic N) is 1. The summed E-state index contributed by atoms with van der Waals surface area (Å²) in [6.45, 7) is 18.0. The Kier molecular flexibility index (Phi) is 5.23. The summed E-state index contributed by atoms with van der Waals surface area (Å²) in [6, 6.07) is 2.12. The molecule has 3 nitrogen and oxygen atoms in total. The summed E-state index contributed by atoms with van der Waals surface area (Å²) >= 11 is 0. The van der Waals surface area contributed by atoms with Crippen LogP contribution in [0, 0.1) is 11.3 Å². The highest BCUT2D eigenvalue weighted by molar-refractivity contribution is 6.70. The topological polar surface area (TPSA) is 42.2 Å². The highest BCUT2D eigenvalue weighted by Crippen LogP contribution is 2.21. The predicted octanol–water partition coefficient (Wildman–Crippen LogP) is 4.00. The van der Waals surface area contributed by atoms with Crippen LogP contribution < -0.4 is 0 Å². The molecule has 96 valence electrons. The van der Waals surface area contributed by atoms with Crippen LogP contribution in [0.5, 0.6) is 0 Å². The van der Waals surface area contributed by atoms with Crippen LogP contribution in [-0.2, 0) is 8.85 Å². The lowest BCUT2D eigenvalue weighted by atomic mass is 10.2. The number of nitriles is 1. The Morgan fingerprint density at radius 1 is 1.00 bits per heavy atom. The van der Waals surface area contributed by atoms with E-state index in [1.165, 1.54) is 0 Å². The van der Waals surface area contributed by atoms with Crippen molar-refractivity contribution in [2.24, 2.45) is 0 Å². The molecule has 0 atom stereocenters. The van der Waals surface area contributed by atoms with Crippen molar-refractivity contribution >= 4 is 16.6 Å². The van der Waals surface area contributed by atoms with E-state index in [1.807, 2.05) is 0 Å². The third-order valence-electron chi connectivity index (χ3n) is 1.63. The number of hydrogen-bond donors (Lipinski definition) is 0. The molecule has 0 saturated carbocycles. The van der Waals surface area contributed by atoms with Gasteiger partial charge in [0.2, 0.25) is 16.6 Å². The predicted molar refractivity (Wildman–Crippen MR) is 76.3 cm³/mol. The summed E-state index contributed by atoms with van der Waals surface area (Å²) in [4.78, 5) is 0. The van der Waals surface area contributed by atoms with Crippen LogP contribution in [0.15, 0.2) is 23.7 Å². The molecular weight excluding hydrogens is 246 g/mol. The lowest BCUT2D eigenvalue weighted by Gasteiger charge is -2.24. The van der Waals surface area contributed by atoms with E-state index in [0.29, 0.717) is 17.1 Å². The number of allylic oxidation sites excluding steroid dienone is 2. The molecule has 0 spiro atoms. The van der Waals surface area contributed by atoms with E-state index in [1.54, 1.807) is 6.92 Å². The van der Waals surface area contributed by atoms with Gasteiger partial charge in [-0.05, 0) is 46.2 Å². The van der Waals surface area contributed by atoms with Crippen LogP contribution in [-0.4, -0.2) is 16.6 Å². The van der Waals surface area contributed by atoms with E-state index in [0.717, 1.165) is 0 Å². The molecule has 5 heteroatoms. The van der Waals surface area contributed by atoms with Gasteiger partial charge in [-0.2, -0.15) is 5.26 Å².